The lowest BCUT2D eigenvalue weighted by molar-refractivity contribution is -0.123. The van der Waals surface area contributed by atoms with Crippen LogP contribution in [-0.2, 0) is 4.79 Å². The number of hydrogen-bond acceptors (Lipinski definition) is 4. The smallest absolute Gasteiger partial charge is 0.237 e. The van der Waals surface area contributed by atoms with Crippen LogP contribution in [0.15, 0.2) is 24.3 Å². The summed E-state index contributed by atoms with van der Waals surface area (Å²) < 4.78 is 1.18. The van der Waals surface area contributed by atoms with Crippen molar-refractivity contribution >= 4 is 27.5 Å². The number of carbonyl (C=O) groups excluding carboxylic acids is 1. The third-order valence-electron chi connectivity index (χ3n) is 3.01. The summed E-state index contributed by atoms with van der Waals surface area (Å²) >= 11 is 1.67. The summed E-state index contributed by atoms with van der Waals surface area (Å²) in [4.78, 5) is 16.5. The summed E-state index contributed by atoms with van der Waals surface area (Å²) in [5, 5.41) is 7.22. The van der Waals surface area contributed by atoms with E-state index in [9.17, 15) is 4.79 Å². The molecular formula is C15H21N3OS. The van der Waals surface area contributed by atoms with Gasteiger partial charge in [-0.2, -0.15) is 0 Å². The number of nitrogens with one attached hydrogen (secondary N) is 2. The quantitative estimate of drug-likeness (QED) is 0.890. The van der Waals surface area contributed by atoms with Crippen molar-refractivity contribution in [2.24, 2.45) is 0 Å². The second-order valence-electron chi connectivity index (χ2n) is 5.29. The van der Waals surface area contributed by atoms with Crippen LogP contribution in [0.5, 0.6) is 0 Å². The van der Waals surface area contributed by atoms with Gasteiger partial charge < -0.3 is 5.32 Å². The predicted molar refractivity (Wildman–Crippen MR) is 83.9 cm³/mol. The zero-order valence-electron chi connectivity index (χ0n) is 12.3. The first-order valence-electron chi connectivity index (χ1n) is 6.89. The third-order valence-corrected chi connectivity index (χ3v) is 4.22. The van der Waals surface area contributed by atoms with Crippen molar-refractivity contribution in [2.45, 2.75) is 45.8 Å². The lowest BCUT2D eigenvalue weighted by Gasteiger charge is -2.19. The number of nitrogens with zero attached hydrogens (tertiary/aromatic N) is 1. The Balaban J connectivity index is 2.04. The summed E-state index contributed by atoms with van der Waals surface area (Å²) in [7, 11) is 0. The minimum absolute atomic E-state index is 0.0213. The molecule has 1 aromatic heterocycles. The van der Waals surface area contributed by atoms with Gasteiger partial charge in [0.25, 0.3) is 0 Å². The van der Waals surface area contributed by atoms with Crippen LogP contribution in [0.4, 0.5) is 0 Å². The maximum atomic E-state index is 11.9. The van der Waals surface area contributed by atoms with Gasteiger partial charge in [-0.1, -0.05) is 12.1 Å². The van der Waals surface area contributed by atoms with Gasteiger partial charge in [-0.25, -0.2) is 4.98 Å². The second-order valence-corrected chi connectivity index (χ2v) is 6.36. The fraction of sp³-hybridized carbons (Fsp3) is 0.467. The largest absolute Gasteiger partial charge is 0.353 e. The van der Waals surface area contributed by atoms with Crippen LogP contribution < -0.4 is 10.6 Å². The highest BCUT2D eigenvalue weighted by atomic mass is 32.1. The Morgan fingerprint density at radius 2 is 1.90 bits per heavy atom. The van der Waals surface area contributed by atoms with Gasteiger partial charge in [-0.15, -0.1) is 11.3 Å². The van der Waals surface area contributed by atoms with Crippen LogP contribution in [0, 0.1) is 0 Å². The molecule has 1 heterocycles. The van der Waals surface area contributed by atoms with Gasteiger partial charge in [0.15, 0.2) is 0 Å². The molecule has 0 spiro atoms. The molecule has 0 saturated carbocycles. The number of hydrogen-bond donors (Lipinski definition) is 2. The number of para-hydroxylation sites is 1. The van der Waals surface area contributed by atoms with Crippen molar-refractivity contribution in [1.29, 1.82) is 0 Å². The fourth-order valence-electron chi connectivity index (χ4n) is 2.01. The molecule has 0 aliphatic carbocycles. The zero-order chi connectivity index (χ0) is 14.7. The first-order chi connectivity index (χ1) is 9.47. The van der Waals surface area contributed by atoms with E-state index in [-0.39, 0.29) is 24.0 Å². The van der Waals surface area contributed by atoms with Crippen molar-refractivity contribution in [3.05, 3.63) is 29.3 Å². The molecule has 2 unspecified atom stereocenters. The summed E-state index contributed by atoms with van der Waals surface area (Å²) in [5.74, 6) is 0.0213. The van der Waals surface area contributed by atoms with E-state index < -0.39 is 0 Å². The van der Waals surface area contributed by atoms with Gasteiger partial charge in [-0.3, -0.25) is 10.1 Å². The van der Waals surface area contributed by atoms with E-state index in [2.05, 4.69) is 21.7 Å². The molecule has 2 rings (SSSR count). The molecule has 2 N–H and O–H groups in total. The predicted octanol–water partition coefficient (Wildman–Crippen LogP) is 2.86. The molecule has 0 bridgehead atoms. The maximum Gasteiger partial charge on any atom is 0.237 e. The standard InChI is InChI=1S/C15H21N3OS/c1-9(2)16-14(19)10(3)17-11(4)15-18-12-7-5-6-8-13(12)20-15/h5-11,17H,1-4H3,(H,16,19). The molecule has 20 heavy (non-hydrogen) atoms. The molecule has 0 saturated heterocycles. The minimum Gasteiger partial charge on any atom is -0.353 e. The number of rotatable bonds is 5. The molecule has 0 aliphatic rings. The third kappa shape index (κ3) is 3.55. The van der Waals surface area contributed by atoms with E-state index in [1.165, 1.54) is 4.70 Å². The van der Waals surface area contributed by atoms with Crippen LogP contribution >= 0.6 is 11.3 Å². The lowest BCUT2D eigenvalue weighted by Crippen LogP contribution is -2.45. The monoisotopic (exact) mass is 291 g/mol. The molecule has 1 amide bonds. The first-order valence-corrected chi connectivity index (χ1v) is 7.71. The average Bonchev–Trinajstić information content (AvgIpc) is 2.81. The Kier molecular flexibility index (Phi) is 4.73. The first kappa shape index (κ1) is 14.9. The Bertz CT molecular complexity index is 561. The number of amides is 1. The Morgan fingerprint density at radius 3 is 2.55 bits per heavy atom. The van der Waals surface area contributed by atoms with E-state index in [0.29, 0.717) is 0 Å². The molecule has 0 radical (unpaired) electrons. The lowest BCUT2D eigenvalue weighted by atomic mass is 10.2. The van der Waals surface area contributed by atoms with Crippen LogP contribution in [0.2, 0.25) is 0 Å². The highest BCUT2D eigenvalue weighted by molar-refractivity contribution is 7.18. The van der Waals surface area contributed by atoms with Crippen molar-refractivity contribution < 1.29 is 4.79 Å². The van der Waals surface area contributed by atoms with Crippen LogP contribution in [0.25, 0.3) is 10.2 Å². The van der Waals surface area contributed by atoms with Crippen molar-refractivity contribution in [2.75, 3.05) is 0 Å². The number of fused-ring (bicyclic) bond motifs is 1. The SMILES string of the molecule is CC(C)NC(=O)C(C)NC(C)c1nc2ccccc2s1. The molecular weight excluding hydrogens is 270 g/mol. The van der Waals surface area contributed by atoms with Crippen LogP contribution in [0.1, 0.15) is 38.7 Å². The van der Waals surface area contributed by atoms with Crippen molar-refractivity contribution in [3.63, 3.8) is 0 Å². The van der Waals surface area contributed by atoms with Crippen LogP contribution in [-0.4, -0.2) is 23.0 Å². The Labute approximate surface area is 123 Å². The zero-order valence-corrected chi connectivity index (χ0v) is 13.1. The van der Waals surface area contributed by atoms with E-state index in [0.717, 1.165) is 10.5 Å². The van der Waals surface area contributed by atoms with Gasteiger partial charge in [-0.05, 0) is 39.8 Å². The van der Waals surface area contributed by atoms with E-state index in [4.69, 9.17) is 0 Å². The fourth-order valence-corrected chi connectivity index (χ4v) is 2.99. The van der Waals surface area contributed by atoms with Gasteiger partial charge in [0.1, 0.15) is 5.01 Å². The number of carbonyl (C=O) groups is 1. The number of thiazole rings is 1. The molecule has 2 atom stereocenters. The number of benzene rings is 1. The van der Waals surface area contributed by atoms with Gasteiger partial charge >= 0.3 is 0 Å². The maximum absolute atomic E-state index is 11.9. The molecule has 4 nitrogen and oxygen atoms in total. The molecule has 0 aliphatic heterocycles. The topological polar surface area (TPSA) is 54.0 Å². The van der Waals surface area contributed by atoms with Gasteiger partial charge in [0, 0.05) is 6.04 Å². The summed E-state index contributed by atoms with van der Waals surface area (Å²) in [5.41, 5.74) is 1.01. The second kappa shape index (κ2) is 6.33. The molecule has 108 valence electrons. The van der Waals surface area contributed by atoms with Gasteiger partial charge in [0.05, 0.1) is 22.3 Å². The van der Waals surface area contributed by atoms with Crippen molar-refractivity contribution in [1.82, 2.24) is 15.6 Å². The Hall–Kier alpha value is -1.46. The summed E-state index contributed by atoms with van der Waals surface area (Å²) in [6, 6.07) is 8.06. The average molecular weight is 291 g/mol. The molecule has 5 heteroatoms. The van der Waals surface area contributed by atoms with Gasteiger partial charge in [0.2, 0.25) is 5.91 Å². The van der Waals surface area contributed by atoms with E-state index in [1.807, 2.05) is 45.9 Å². The van der Waals surface area contributed by atoms with E-state index >= 15 is 0 Å². The normalized spacial score (nSPS) is 14.4. The van der Waals surface area contributed by atoms with Crippen molar-refractivity contribution in [3.8, 4) is 0 Å². The number of aromatic nitrogens is 1. The molecule has 1 aromatic carbocycles. The Morgan fingerprint density at radius 1 is 1.20 bits per heavy atom. The highest BCUT2D eigenvalue weighted by Gasteiger charge is 2.18. The summed E-state index contributed by atoms with van der Waals surface area (Å²) in [6.07, 6.45) is 0. The highest BCUT2D eigenvalue weighted by Crippen LogP contribution is 2.26. The minimum atomic E-state index is -0.237. The van der Waals surface area contributed by atoms with Crippen LogP contribution in [0.3, 0.4) is 0 Å². The molecule has 0 fully saturated rings. The van der Waals surface area contributed by atoms with E-state index in [1.54, 1.807) is 11.3 Å². The summed E-state index contributed by atoms with van der Waals surface area (Å²) in [6.45, 7) is 7.83. The molecule has 2 aromatic rings.